The number of carboxylic acid groups (broad SMARTS) is 1. The molecule has 252 valence electrons. The first-order valence-corrected chi connectivity index (χ1v) is 11.0. The Labute approximate surface area is 248 Å². The number of hydrogen-bond donors (Lipinski definition) is 5. The van der Waals surface area contributed by atoms with Crippen molar-refractivity contribution in [1.29, 1.82) is 0 Å². The molecule has 0 heterocycles. The number of carbonyl (C=O) groups excluding carboxylic acids is 4. The first kappa shape index (κ1) is 57.4. The zero-order chi connectivity index (χ0) is 26.9. The molecule has 0 aliphatic heterocycles. The fourth-order valence-electron chi connectivity index (χ4n) is 1.89. The van der Waals surface area contributed by atoms with Gasteiger partial charge in [0.1, 0.15) is 6.61 Å². The topological polar surface area (TPSA) is 200 Å². The zero-order valence-corrected chi connectivity index (χ0v) is 20.7. The van der Waals surface area contributed by atoms with E-state index < -0.39 is 30.3 Å². The van der Waals surface area contributed by atoms with Crippen molar-refractivity contribution in [2.24, 2.45) is 0 Å². The van der Waals surface area contributed by atoms with Gasteiger partial charge in [-0.15, -0.1) is 0 Å². The minimum atomic E-state index is -0.872. The second-order valence-electron chi connectivity index (χ2n) is 6.42. The lowest BCUT2D eigenvalue weighted by atomic mass is 10.3. The molecule has 4 amide bonds. The lowest BCUT2D eigenvalue weighted by molar-refractivity contribution is -0.137. The molecule has 0 spiro atoms. The van der Waals surface area contributed by atoms with Crippen LogP contribution in [0, 0.1) is 0 Å². The molecule has 1 atom stereocenters. The molecule has 0 bridgehead atoms. The molecule has 5 N–H and O–H groups in total. The summed E-state index contributed by atoms with van der Waals surface area (Å²) in [4.78, 5) is 53.7. The predicted molar refractivity (Wildman–Crippen MR) is 162 cm³/mol. The molecule has 0 rings (SSSR count). The van der Waals surface area contributed by atoms with E-state index in [4.69, 9.17) is 14.6 Å². The Hall–Kier alpha value is -3.49. The van der Waals surface area contributed by atoms with Gasteiger partial charge in [-0.3, -0.25) is 4.79 Å². The molecule has 0 fully saturated rings. The summed E-state index contributed by atoms with van der Waals surface area (Å²) in [6, 6.07) is 0. The summed E-state index contributed by atoms with van der Waals surface area (Å²) < 4.78 is 23.7. The highest BCUT2D eigenvalue weighted by Crippen LogP contribution is 1.97. The summed E-state index contributed by atoms with van der Waals surface area (Å²) in [5, 5.41) is 18.2. The van der Waals surface area contributed by atoms with Crippen molar-refractivity contribution >= 4 is 30.3 Å². The van der Waals surface area contributed by atoms with Crippen LogP contribution in [0.15, 0.2) is 0 Å². The molecule has 0 aromatic carbocycles. The van der Waals surface area contributed by atoms with Gasteiger partial charge in [-0.1, -0.05) is 44.6 Å². The Kier molecular flexibility index (Phi) is 57.4. The third-order valence-corrected chi connectivity index (χ3v) is 3.45. The van der Waals surface area contributed by atoms with Gasteiger partial charge in [-0.05, 0) is 27.2 Å². The van der Waals surface area contributed by atoms with Crippen LogP contribution in [-0.4, -0.2) is 101 Å². The maximum absolute atomic E-state index is 11.3. The number of rotatable bonds is 15. The lowest BCUT2D eigenvalue weighted by Crippen LogP contribution is -2.36. The Balaban J connectivity index is -0.0000000844. The van der Waals surface area contributed by atoms with E-state index in [9.17, 15) is 24.0 Å². The molecule has 0 aliphatic rings. The fraction of sp³-hybridized carbons (Fsp3) is 0.808. The number of alkyl carbamates (subject to hydrolysis) is 4. The fourth-order valence-corrected chi connectivity index (χ4v) is 1.89. The number of carboxylic acids is 1. The van der Waals surface area contributed by atoms with Crippen LogP contribution in [-0.2, 0) is 28.5 Å². The normalized spacial score (nSPS) is 8.88. The van der Waals surface area contributed by atoms with E-state index >= 15 is 0 Å². The van der Waals surface area contributed by atoms with Gasteiger partial charge in [0.25, 0.3) is 0 Å². The zero-order valence-electron chi connectivity index (χ0n) is 20.7. The Bertz CT molecular complexity index is 624. The third-order valence-electron chi connectivity index (χ3n) is 3.45. The van der Waals surface area contributed by atoms with Gasteiger partial charge in [0.2, 0.25) is 0 Å². The van der Waals surface area contributed by atoms with Crippen molar-refractivity contribution in [3.05, 3.63) is 0 Å². The van der Waals surface area contributed by atoms with Crippen LogP contribution >= 0.6 is 0 Å². The Morgan fingerprint density at radius 1 is 0.659 bits per heavy atom. The highest BCUT2D eigenvalue weighted by Gasteiger charge is 2.08. The van der Waals surface area contributed by atoms with E-state index in [0.717, 1.165) is 0 Å². The first-order chi connectivity index (χ1) is 16.7. The summed E-state index contributed by atoms with van der Waals surface area (Å²) in [5.41, 5.74) is 0. The van der Waals surface area contributed by atoms with E-state index in [-0.39, 0.29) is 83.4 Å². The van der Waals surface area contributed by atoms with Gasteiger partial charge in [-0.2, -0.15) is 0 Å². The summed E-state index contributed by atoms with van der Waals surface area (Å²) >= 11 is 0. The molecule has 15 nitrogen and oxygen atoms in total. The van der Waals surface area contributed by atoms with Crippen molar-refractivity contribution < 1.29 is 52.8 Å². The number of ether oxygens (including phenoxy) is 5. The molecule has 15 heteroatoms. The van der Waals surface area contributed by atoms with Gasteiger partial charge < -0.3 is 50.1 Å². The second kappa shape index (κ2) is 41.0. The maximum Gasteiger partial charge on any atom is 0.407 e. The molecular weight excluding hydrogens is 544 g/mol. The molecule has 1 unspecified atom stereocenters. The highest BCUT2D eigenvalue weighted by molar-refractivity contribution is 5.69. The Morgan fingerprint density at radius 2 is 1.02 bits per heavy atom. The summed E-state index contributed by atoms with van der Waals surface area (Å²) in [7, 11) is 1.27. The number of amides is 4. The molecule has 0 radical (unpaired) electrons. The van der Waals surface area contributed by atoms with Crippen molar-refractivity contribution in [2.45, 2.75) is 84.3 Å². The predicted octanol–water partition coefficient (Wildman–Crippen LogP) is 4.63. The maximum atomic E-state index is 11.3. The van der Waals surface area contributed by atoms with Crippen LogP contribution in [0.25, 0.3) is 0 Å². The summed E-state index contributed by atoms with van der Waals surface area (Å²) in [6.45, 7) is 7.16. The number of hydrogen-bond acceptors (Lipinski definition) is 10. The van der Waals surface area contributed by atoms with Crippen LogP contribution in [0.3, 0.4) is 0 Å². The third kappa shape index (κ3) is 46.7. The van der Waals surface area contributed by atoms with Crippen molar-refractivity contribution in [3.63, 3.8) is 0 Å². The standard InChI is InChI=1S/C13H24N2O7.C7H14N2O4.6CH4/c1-3-20-12(18)14-6-7-15-13(19)22-9-10(2)21-8-4-5-11(16)17;1-3-13-7(11)9-5-4-8-6(10)12-2;;;;;;/h10H,3-9H2,1-2H3,(H,14,18)(H,15,19)(H,16,17);3-5H2,1-2H3,(H,8,10)(H,9,11);6*1H4. The molecule has 41 heavy (non-hydrogen) atoms. The summed E-state index contributed by atoms with van der Waals surface area (Å²) in [6.07, 6.45) is -2.04. The average Bonchev–Trinajstić information content (AvgIpc) is 2.81. The molecular formula is C26H62N4O11. The van der Waals surface area contributed by atoms with Gasteiger partial charge >= 0.3 is 30.3 Å². The number of nitrogens with one attached hydrogen (secondary N) is 4. The molecule has 0 saturated heterocycles. The van der Waals surface area contributed by atoms with Gasteiger partial charge in [0.05, 0.1) is 26.4 Å². The SMILES string of the molecule is C.C.C.C.C.C.CCOC(=O)NCCNC(=O)OC.CCOC(=O)NCCNC(=O)OCC(C)OCCCC(=O)O. The van der Waals surface area contributed by atoms with Crippen molar-refractivity contribution in [2.75, 3.05) is 59.7 Å². The largest absolute Gasteiger partial charge is 0.481 e. The van der Waals surface area contributed by atoms with Crippen molar-refractivity contribution in [3.8, 4) is 0 Å². The molecule has 0 aromatic heterocycles. The van der Waals surface area contributed by atoms with E-state index in [0.29, 0.717) is 32.7 Å². The number of methoxy groups -OCH3 is 1. The van der Waals surface area contributed by atoms with Crippen LogP contribution in [0.2, 0.25) is 0 Å². The highest BCUT2D eigenvalue weighted by atomic mass is 16.6. The van der Waals surface area contributed by atoms with E-state index in [1.165, 1.54) is 7.11 Å². The van der Waals surface area contributed by atoms with E-state index in [2.05, 4.69) is 35.5 Å². The van der Waals surface area contributed by atoms with E-state index in [1.807, 2.05) is 0 Å². The number of aliphatic carboxylic acids is 1. The molecule has 0 aromatic rings. The van der Waals surface area contributed by atoms with Crippen LogP contribution in [0.4, 0.5) is 19.2 Å². The first-order valence-electron chi connectivity index (χ1n) is 11.0. The quantitative estimate of drug-likeness (QED) is 0.128. The molecule has 0 saturated carbocycles. The van der Waals surface area contributed by atoms with Gasteiger partial charge in [0, 0.05) is 39.2 Å². The lowest BCUT2D eigenvalue weighted by Gasteiger charge is -2.13. The summed E-state index contributed by atoms with van der Waals surface area (Å²) in [5.74, 6) is -0.872. The van der Waals surface area contributed by atoms with Crippen molar-refractivity contribution in [1.82, 2.24) is 21.3 Å². The molecule has 0 aliphatic carbocycles. The van der Waals surface area contributed by atoms with Gasteiger partial charge in [0.15, 0.2) is 0 Å². The smallest absolute Gasteiger partial charge is 0.407 e. The second-order valence-corrected chi connectivity index (χ2v) is 6.42. The van der Waals surface area contributed by atoms with Crippen LogP contribution < -0.4 is 21.3 Å². The van der Waals surface area contributed by atoms with Crippen LogP contribution in [0.1, 0.15) is 78.2 Å². The minimum absolute atomic E-state index is 0. The van der Waals surface area contributed by atoms with Crippen LogP contribution in [0.5, 0.6) is 0 Å². The Morgan fingerprint density at radius 3 is 1.37 bits per heavy atom. The average molecular weight is 607 g/mol. The monoisotopic (exact) mass is 606 g/mol. The number of carbonyl (C=O) groups is 5. The van der Waals surface area contributed by atoms with E-state index in [1.54, 1.807) is 20.8 Å². The minimum Gasteiger partial charge on any atom is -0.481 e. The van der Waals surface area contributed by atoms with Gasteiger partial charge in [-0.25, -0.2) is 19.2 Å².